The van der Waals surface area contributed by atoms with E-state index in [1.165, 1.54) is 16.2 Å². The fraction of sp³-hybridized carbons (Fsp3) is 0. The molecule has 0 aliphatic carbocycles. The summed E-state index contributed by atoms with van der Waals surface area (Å²) in [6.07, 6.45) is 0. The monoisotopic (exact) mass is 323 g/mol. The van der Waals surface area contributed by atoms with Crippen LogP contribution in [0.5, 0.6) is 23.0 Å². The standard InChI is InChI=1S/C22H13NO2/c1-2-6-14-13(5-1)9-10-15-16-11-12-19-22(21(16)23-20(14)15)25-18-8-4-3-7-17(18)24-19/h1-12,23H. The van der Waals surface area contributed by atoms with Crippen LogP contribution in [0.15, 0.2) is 72.8 Å². The van der Waals surface area contributed by atoms with Crippen LogP contribution < -0.4 is 9.47 Å². The molecule has 0 amide bonds. The van der Waals surface area contributed by atoms with Crippen LogP contribution in [-0.2, 0) is 0 Å². The SMILES string of the molecule is c1ccc2c(c1)Oc1ccc3c([nH]c4c5ccccc5ccc34)c1O2. The lowest BCUT2D eigenvalue weighted by molar-refractivity contribution is 0.363. The van der Waals surface area contributed by atoms with Gasteiger partial charge in [0.25, 0.3) is 0 Å². The summed E-state index contributed by atoms with van der Waals surface area (Å²) in [7, 11) is 0. The quantitative estimate of drug-likeness (QED) is 0.352. The first-order chi connectivity index (χ1) is 12.4. The van der Waals surface area contributed by atoms with Gasteiger partial charge in [0.1, 0.15) is 0 Å². The first-order valence-corrected chi connectivity index (χ1v) is 8.29. The molecule has 5 aromatic rings. The largest absolute Gasteiger partial charge is 0.449 e. The van der Waals surface area contributed by atoms with Gasteiger partial charge in [-0.15, -0.1) is 0 Å². The highest BCUT2D eigenvalue weighted by atomic mass is 16.6. The maximum absolute atomic E-state index is 6.18. The van der Waals surface area contributed by atoms with Crippen LogP contribution in [-0.4, -0.2) is 4.98 Å². The van der Waals surface area contributed by atoms with Crippen molar-refractivity contribution in [1.82, 2.24) is 4.98 Å². The number of H-pyrrole nitrogens is 1. The molecule has 4 aromatic carbocycles. The van der Waals surface area contributed by atoms with Gasteiger partial charge >= 0.3 is 0 Å². The molecule has 118 valence electrons. The average Bonchev–Trinajstić information content (AvgIpc) is 3.06. The van der Waals surface area contributed by atoms with Gasteiger partial charge in [-0.2, -0.15) is 0 Å². The normalized spacial score (nSPS) is 12.6. The van der Waals surface area contributed by atoms with Crippen LogP contribution in [0.3, 0.4) is 0 Å². The van der Waals surface area contributed by atoms with Crippen molar-refractivity contribution >= 4 is 32.6 Å². The molecule has 0 fully saturated rings. The smallest absolute Gasteiger partial charge is 0.194 e. The van der Waals surface area contributed by atoms with Gasteiger partial charge in [0.05, 0.1) is 11.0 Å². The Hall–Kier alpha value is -3.46. The molecule has 0 bridgehead atoms. The highest BCUT2D eigenvalue weighted by Crippen LogP contribution is 2.49. The molecule has 1 aliphatic heterocycles. The third-order valence-electron chi connectivity index (χ3n) is 4.87. The Morgan fingerprint density at radius 2 is 1.24 bits per heavy atom. The van der Waals surface area contributed by atoms with E-state index in [-0.39, 0.29) is 0 Å². The Bertz CT molecular complexity index is 1300. The van der Waals surface area contributed by atoms with Crippen LogP contribution in [0.25, 0.3) is 32.6 Å². The maximum Gasteiger partial charge on any atom is 0.194 e. The van der Waals surface area contributed by atoms with E-state index >= 15 is 0 Å². The van der Waals surface area contributed by atoms with Gasteiger partial charge in [0.2, 0.25) is 0 Å². The van der Waals surface area contributed by atoms with Gasteiger partial charge in [-0.05, 0) is 29.7 Å². The Labute approximate surface area is 143 Å². The van der Waals surface area contributed by atoms with Gasteiger partial charge < -0.3 is 14.5 Å². The molecule has 0 atom stereocenters. The van der Waals surface area contributed by atoms with Gasteiger partial charge in [-0.1, -0.05) is 48.5 Å². The Morgan fingerprint density at radius 3 is 2.16 bits per heavy atom. The number of hydrogen-bond acceptors (Lipinski definition) is 2. The summed E-state index contributed by atoms with van der Waals surface area (Å²) in [5.41, 5.74) is 2.10. The van der Waals surface area contributed by atoms with Crippen molar-refractivity contribution < 1.29 is 9.47 Å². The van der Waals surface area contributed by atoms with Gasteiger partial charge in [0.15, 0.2) is 23.0 Å². The molecule has 0 spiro atoms. The van der Waals surface area contributed by atoms with Gasteiger partial charge in [-0.25, -0.2) is 0 Å². The number of hydrogen-bond donors (Lipinski definition) is 1. The van der Waals surface area contributed by atoms with Crippen molar-refractivity contribution in [2.45, 2.75) is 0 Å². The second-order valence-corrected chi connectivity index (χ2v) is 6.30. The number of para-hydroxylation sites is 2. The first-order valence-electron chi connectivity index (χ1n) is 8.29. The number of aromatic amines is 1. The lowest BCUT2D eigenvalue weighted by atomic mass is 10.1. The summed E-state index contributed by atoms with van der Waals surface area (Å²) >= 11 is 0. The Balaban J connectivity index is 1.70. The van der Waals surface area contributed by atoms with E-state index in [1.54, 1.807) is 0 Å². The van der Waals surface area contributed by atoms with Crippen LogP contribution in [0.2, 0.25) is 0 Å². The highest BCUT2D eigenvalue weighted by molar-refractivity contribution is 6.18. The lowest BCUT2D eigenvalue weighted by Gasteiger charge is -2.20. The first kappa shape index (κ1) is 12.9. The van der Waals surface area contributed by atoms with E-state index in [9.17, 15) is 0 Å². The average molecular weight is 323 g/mol. The van der Waals surface area contributed by atoms with Gasteiger partial charge in [-0.3, -0.25) is 0 Å². The van der Waals surface area contributed by atoms with Gasteiger partial charge in [0, 0.05) is 16.2 Å². The molecule has 0 radical (unpaired) electrons. The zero-order valence-electron chi connectivity index (χ0n) is 13.2. The number of nitrogens with one attached hydrogen (secondary N) is 1. The number of aromatic nitrogens is 1. The highest BCUT2D eigenvalue weighted by Gasteiger charge is 2.22. The van der Waals surface area contributed by atoms with E-state index in [1.807, 2.05) is 30.3 Å². The van der Waals surface area contributed by atoms with Crippen LogP contribution >= 0.6 is 0 Å². The molecule has 0 saturated carbocycles. The molecule has 25 heavy (non-hydrogen) atoms. The molecule has 0 unspecified atom stereocenters. The molecule has 1 aliphatic rings. The van der Waals surface area contributed by atoms with Crippen molar-refractivity contribution in [3.05, 3.63) is 72.8 Å². The van der Waals surface area contributed by atoms with E-state index in [4.69, 9.17) is 9.47 Å². The molecular weight excluding hydrogens is 310 g/mol. The lowest BCUT2D eigenvalue weighted by Crippen LogP contribution is -1.98. The molecule has 3 heteroatoms. The fourth-order valence-electron chi connectivity index (χ4n) is 3.70. The molecule has 2 heterocycles. The van der Waals surface area contributed by atoms with E-state index < -0.39 is 0 Å². The van der Waals surface area contributed by atoms with E-state index in [2.05, 4.69) is 47.4 Å². The topological polar surface area (TPSA) is 34.2 Å². The minimum absolute atomic E-state index is 0.738. The zero-order valence-corrected chi connectivity index (χ0v) is 13.2. The fourth-order valence-corrected chi connectivity index (χ4v) is 3.70. The summed E-state index contributed by atoms with van der Waals surface area (Å²) in [5.74, 6) is 2.97. The second-order valence-electron chi connectivity index (χ2n) is 6.30. The molecule has 0 saturated heterocycles. The summed E-state index contributed by atoms with van der Waals surface area (Å²) in [5, 5.41) is 4.77. The number of fused-ring (bicyclic) bond motifs is 8. The summed E-state index contributed by atoms with van der Waals surface area (Å²) in [6, 6.07) is 24.6. The predicted molar refractivity (Wildman–Crippen MR) is 99.9 cm³/mol. The minimum Gasteiger partial charge on any atom is -0.449 e. The van der Waals surface area contributed by atoms with E-state index in [0.29, 0.717) is 0 Å². The number of benzene rings is 4. The summed E-state index contributed by atoms with van der Waals surface area (Å²) < 4.78 is 12.2. The number of rotatable bonds is 0. The summed E-state index contributed by atoms with van der Waals surface area (Å²) in [6.45, 7) is 0. The molecule has 1 aromatic heterocycles. The van der Waals surface area contributed by atoms with Crippen LogP contribution in [0.4, 0.5) is 0 Å². The molecule has 6 rings (SSSR count). The summed E-state index contributed by atoms with van der Waals surface area (Å²) in [4.78, 5) is 3.57. The van der Waals surface area contributed by atoms with Crippen molar-refractivity contribution in [1.29, 1.82) is 0 Å². The van der Waals surface area contributed by atoms with Crippen molar-refractivity contribution in [2.24, 2.45) is 0 Å². The Morgan fingerprint density at radius 1 is 0.520 bits per heavy atom. The second kappa shape index (κ2) is 4.54. The molecular formula is C22H13NO2. The molecule has 3 nitrogen and oxygen atoms in total. The predicted octanol–water partition coefficient (Wildman–Crippen LogP) is 6.37. The maximum atomic E-state index is 6.18. The third-order valence-corrected chi connectivity index (χ3v) is 4.87. The van der Waals surface area contributed by atoms with Crippen LogP contribution in [0.1, 0.15) is 0 Å². The third kappa shape index (κ3) is 1.69. The van der Waals surface area contributed by atoms with Crippen molar-refractivity contribution in [3.8, 4) is 23.0 Å². The van der Waals surface area contributed by atoms with Crippen molar-refractivity contribution in [2.75, 3.05) is 0 Å². The number of ether oxygens (including phenoxy) is 2. The Kier molecular flexibility index (Phi) is 2.35. The van der Waals surface area contributed by atoms with Crippen LogP contribution in [0, 0.1) is 0 Å². The van der Waals surface area contributed by atoms with Crippen molar-refractivity contribution in [3.63, 3.8) is 0 Å². The minimum atomic E-state index is 0.738. The van der Waals surface area contributed by atoms with E-state index in [0.717, 1.165) is 39.4 Å². The molecule has 1 N–H and O–H groups in total. The zero-order chi connectivity index (χ0) is 16.4.